The van der Waals surface area contributed by atoms with Crippen molar-refractivity contribution in [3.8, 4) is 0 Å². The molecule has 16 heavy (non-hydrogen) atoms. The molecule has 0 spiro atoms. The fourth-order valence-corrected chi connectivity index (χ4v) is 2.25. The fraction of sp³-hybridized carbons (Fsp3) is 0.700. The summed E-state index contributed by atoms with van der Waals surface area (Å²) in [6.45, 7) is 6.84. The lowest BCUT2D eigenvalue weighted by atomic mass is 10.1. The van der Waals surface area contributed by atoms with Crippen LogP contribution >= 0.6 is 0 Å². The molecule has 1 heterocycles. The molecule has 0 fully saturated rings. The van der Waals surface area contributed by atoms with Crippen LogP contribution in [0.2, 0.25) is 0 Å². The molecule has 0 saturated heterocycles. The van der Waals surface area contributed by atoms with E-state index in [1.807, 2.05) is 4.57 Å². The molecule has 0 radical (unpaired) electrons. The predicted molar refractivity (Wildman–Crippen MR) is 62.4 cm³/mol. The van der Waals surface area contributed by atoms with Gasteiger partial charge < -0.3 is 4.57 Å². The van der Waals surface area contributed by atoms with E-state index in [0.717, 1.165) is 19.4 Å². The number of hydrogen-bond donors (Lipinski definition) is 1. The van der Waals surface area contributed by atoms with Crippen molar-refractivity contribution in [2.24, 2.45) is 11.1 Å². The molecule has 0 bridgehead atoms. The third kappa shape index (κ3) is 3.31. The summed E-state index contributed by atoms with van der Waals surface area (Å²) in [4.78, 5) is 3.95. The van der Waals surface area contributed by atoms with Gasteiger partial charge in [-0.25, -0.2) is 18.5 Å². The first kappa shape index (κ1) is 13.2. The highest BCUT2D eigenvalue weighted by atomic mass is 32.2. The van der Waals surface area contributed by atoms with E-state index in [-0.39, 0.29) is 5.03 Å². The van der Waals surface area contributed by atoms with E-state index in [9.17, 15) is 8.42 Å². The van der Waals surface area contributed by atoms with Crippen LogP contribution in [-0.2, 0) is 16.6 Å². The van der Waals surface area contributed by atoms with Crippen LogP contribution in [0.15, 0.2) is 11.2 Å². The Morgan fingerprint density at radius 2 is 2.19 bits per heavy atom. The SMILES string of the molecule is CCCC(C)Cn1cc(S(N)(=O)=O)nc1C. The van der Waals surface area contributed by atoms with E-state index in [1.165, 1.54) is 6.20 Å². The molecule has 0 aliphatic rings. The number of sulfonamides is 1. The second kappa shape index (κ2) is 4.97. The molecule has 0 aliphatic heterocycles. The zero-order chi connectivity index (χ0) is 12.3. The largest absolute Gasteiger partial charge is 0.333 e. The fourth-order valence-electron chi connectivity index (χ4n) is 1.72. The normalized spacial score (nSPS) is 14.0. The van der Waals surface area contributed by atoms with Gasteiger partial charge in [-0.2, -0.15) is 0 Å². The van der Waals surface area contributed by atoms with Gasteiger partial charge in [0.1, 0.15) is 5.82 Å². The van der Waals surface area contributed by atoms with E-state index in [2.05, 4.69) is 18.8 Å². The summed E-state index contributed by atoms with van der Waals surface area (Å²) in [6, 6.07) is 0. The first-order valence-electron chi connectivity index (χ1n) is 5.41. The Hall–Kier alpha value is -0.880. The number of aromatic nitrogens is 2. The molecule has 1 aromatic heterocycles. The smallest absolute Gasteiger partial charge is 0.257 e. The maximum atomic E-state index is 11.1. The quantitative estimate of drug-likeness (QED) is 0.848. The number of hydrogen-bond acceptors (Lipinski definition) is 3. The van der Waals surface area contributed by atoms with Gasteiger partial charge in [-0.05, 0) is 19.3 Å². The van der Waals surface area contributed by atoms with Crippen LogP contribution in [0.3, 0.4) is 0 Å². The van der Waals surface area contributed by atoms with Gasteiger partial charge in [0.25, 0.3) is 10.0 Å². The average molecular weight is 245 g/mol. The van der Waals surface area contributed by atoms with Gasteiger partial charge in [0.2, 0.25) is 0 Å². The Balaban J connectivity index is 2.87. The number of rotatable bonds is 5. The molecule has 6 heteroatoms. The average Bonchev–Trinajstić information content (AvgIpc) is 2.47. The van der Waals surface area contributed by atoms with Crippen molar-refractivity contribution in [2.75, 3.05) is 0 Å². The molecule has 5 nitrogen and oxygen atoms in total. The molecule has 1 rings (SSSR count). The van der Waals surface area contributed by atoms with Gasteiger partial charge in [0, 0.05) is 12.7 Å². The Morgan fingerprint density at radius 1 is 1.56 bits per heavy atom. The third-order valence-electron chi connectivity index (χ3n) is 2.54. The lowest BCUT2D eigenvalue weighted by molar-refractivity contribution is 0.440. The van der Waals surface area contributed by atoms with E-state index >= 15 is 0 Å². The predicted octanol–water partition coefficient (Wildman–Crippen LogP) is 1.28. The summed E-state index contributed by atoms with van der Waals surface area (Å²) >= 11 is 0. The van der Waals surface area contributed by atoms with Crippen LogP contribution < -0.4 is 5.14 Å². The summed E-state index contributed by atoms with van der Waals surface area (Å²) in [5.74, 6) is 1.19. The highest BCUT2D eigenvalue weighted by molar-refractivity contribution is 7.89. The standard InChI is InChI=1S/C10H19N3O2S/c1-4-5-8(2)6-13-7-10(12-9(13)3)16(11,14)15/h7-8H,4-6H2,1-3H3,(H2,11,14,15). The zero-order valence-corrected chi connectivity index (χ0v) is 10.8. The highest BCUT2D eigenvalue weighted by Gasteiger charge is 2.15. The number of aryl methyl sites for hydroxylation is 1. The maximum Gasteiger partial charge on any atom is 0.257 e. The van der Waals surface area contributed by atoms with Crippen molar-refractivity contribution in [3.63, 3.8) is 0 Å². The van der Waals surface area contributed by atoms with Crippen LogP contribution in [0.4, 0.5) is 0 Å². The highest BCUT2D eigenvalue weighted by Crippen LogP contribution is 2.13. The summed E-state index contributed by atoms with van der Waals surface area (Å²) in [5.41, 5.74) is 0. The number of nitrogens with two attached hydrogens (primary N) is 1. The minimum atomic E-state index is -3.68. The van der Waals surface area contributed by atoms with Crippen LogP contribution in [0.5, 0.6) is 0 Å². The number of primary sulfonamides is 1. The summed E-state index contributed by atoms with van der Waals surface area (Å²) in [6.07, 6.45) is 3.75. The van der Waals surface area contributed by atoms with Gasteiger partial charge in [0.05, 0.1) is 0 Å². The lowest BCUT2D eigenvalue weighted by Gasteiger charge is -2.11. The van der Waals surface area contributed by atoms with Crippen molar-refractivity contribution < 1.29 is 8.42 Å². The first-order chi connectivity index (χ1) is 7.34. The molecule has 0 amide bonds. The minimum absolute atomic E-state index is 0.0475. The van der Waals surface area contributed by atoms with Crippen molar-refractivity contribution in [1.29, 1.82) is 0 Å². The van der Waals surface area contributed by atoms with E-state index < -0.39 is 10.0 Å². The van der Waals surface area contributed by atoms with Crippen molar-refractivity contribution in [3.05, 3.63) is 12.0 Å². The summed E-state index contributed by atoms with van der Waals surface area (Å²) in [7, 11) is -3.68. The van der Waals surface area contributed by atoms with Crippen LogP contribution in [0, 0.1) is 12.8 Å². The third-order valence-corrected chi connectivity index (χ3v) is 3.31. The number of imidazole rings is 1. The molecule has 0 aromatic carbocycles. The van der Waals surface area contributed by atoms with Crippen LogP contribution in [0.25, 0.3) is 0 Å². The van der Waals surface area contributed by atoms with Gasteiger partial charge in [-0.1, -0.05) is 20.3 Å². The maximum absolute atomic E-state index is 11.1. The topological polar surface area (TPSA) is 78.0 Å². The van der Waals surface area contributed by atoms with Crippen LogP contribution in [-0.4, -0.2) is 18.0 Å². The monoisotopic (exact) mass is 245 g/mol. The first-order valence-corrected chi connectivity index (χ1v) is 6.95. The summed E-state index contributed by atoms with van der Waals surface area (Å²) in [5, 5.41) is 4.98. The van der Waals surface area contributed by atoms with Gasteiger partial charge in [-0.15, -0.1) is 0 Å². The molecule has 0 aliphatic carbocycles. The molecular formula is C10H19N3O2S. The molecule has 1 aromatic rings. The number of nitrogens with zero attached hydrogens (tertiary/aromatic N) is 2. The van der Waals surface area contributed by atoms with Gasteiger partial charge in [-0.3, -0.25) is 0 Å². The van der Waals surface area contributed by atoms with Crippen molar-refractivity contribution in [2.45, 2.75) is 45.2 Å². The Kier molecular flexibility index (Phi) is 4.09. The van der Waals surface area contributed by atoms with E-state index in [4.69, 9.17) is 5.14 Å². The van der Waals surface area contributed by atoms with Gasteiger partial charge >= 0.3 is 0 Å². The van der Waals surface area contributed by atoms with Crippen molar-refractivity contribution in [1.82, 2.24) is 9.55 Å². The molecule has 1 atom stereocenters. The van der Waals surface area contributed by atoms with Crippen LogP contribution in [0.1, 0.15) is 32.5 Å². The second-order valence-electron chi connectivity index (χ2n) is 4.22. The molecule has 0 saturated carbocycles. The van der Waals surface area contributed by atoms with Gasteiger partial charge in [0.15, 0.2) is 5.03 Å². The Labute approximate surface area is 96.7 Å². The molecule has 1 unspecified atom stereocenters. The Bertz CT molecular complexity index is 451. The summed E-state index contributed by atoms with van der Waals surface area (Å²) < 4.78 is 24.1. The zero-order valence-electron chi connectivity index (χ0n) is 9.97. The molecule has 2 N–H and O–H groups in total. The second-order valence-corrected chi connectivity index (χ2v) is 5.73. The van der Waals surface area contributed by atoms with E-state index in [0.29, 0.717) is 11.7 Å². The Morgan fingerprint density at radius 3 is 2.62 bits per heavy atom. The molecular weight excluding hydrogens is 226 g/mol. The lowest BCUT2D eigenvalue weighted by Crippen LogP contribution is -2.12. The van der Waals surface area contributed by atoms with E-state index in [1.54, 1.807) is 6.92 Å². The molecule has 92 valence electrons. The minimum Gasteiger partial charge on any atom is -0.333 e. The van der Waals surface area contributed by atoms with Crippen molar-refractivity contribution >= 4 is 10.0 Å².